The smallest absolute Gasteiger partial charge is 0.231 e. The van der Waals surface area contributed by atoms with Crippen LogP contribution < -0.4 is 0 Å². The van der Waals surface area contributed by atoms with Crippen molar-refractivity contribution in [3.05, 3.63) is 24.5 Å². The summed E-state index contributed by atoms with van der Waals surface area (Å²) in [5, 5.41) is 0. The lowest BCUT2D eigenvalue weighted by atomic mass is 10.8. The van der Waals surface area contributed by atoms with Crippen molar-refractivity contribution in [2.45, 2.75) is 0 Å². The summed E-state index contributed by atoms with van der Waals surface area (Å²) in [5.41, 5.74) is 0. The summed E-state index contributed by atoms with van der Waals surface area (Å²) in [4.78, 5) is 6.02. The summed E-state index contributed by atoms with van der Waals surface area (Å²) in [7, 11) is 0. The quantitative estimate of drug-likeness (QED) is 0.478. The summed E-state index contributed by atoms with van der Waals surface area (Å²) in [6, 6.07) is 0. The molecule has 0 aliphatic carbocycles. The Labute approximate surface area is 44.3 Å². The molecule has 3 heteroatoms. The molecule has 0 aliphatic rings. The SMILES string of the molecule is [2H]c1nc([2H])c(F)nc1[2H]. The van der Waals surface area contributed by atoms with Crippen molar-refractivity contribution in [2.24, 2.45) is 0 Å². The molecular formula is C4H3FN2. The first-order valence-electron chi connectivity index (χ1n) is 3.08. The zero-order valence-electron chi connectivity index (χ0n) is 6.27. The summed E-state index contributed by atoms with van der Waals surface area (Å²) in [5.74, 6) is -1.11. The van der Waals surface area contributed by atoms with E-state index >= 15 is 0 Å². The Balaban J connectivity index is 3.28. The number of hydrogen-bond donors (Lipinski definition) is 0. The predicted molar refractivity (Wildman–Crippen MR) is 22.0 cm³/mol. The molecule has 1 aromatic rings. The van der Waals surface area contributed by atoms with Gasteiger partial charge in [-0.1, -0.05) is 0 Å². The molecular weight excluding hydrogens is 95.1 g/mol. The van der Waals surface area contributed by atoms with Crippen LogP contribution in [0.25, 0.3) is 0 Å². The summed E-state index contributed by atoms with van der Waals surface area (Å²) in [6.07, 6.45) is -1.72. The third-order valence-corrected chi connectivity index (χ3v) is 0.408. The largest absolute Gasteiger partial charge is 0.258 e. The van der Waals surface area contributed by atoms with Crippen LogP contribution in [-0.4, -0.2) is 9.97 Å². The molecule has 0 radical (unpaired) electrons. The number of halogens is 1. The van der Waals surface area contributed by atoms with Crippen LogP contribution in [0, 0.1) is 5.95 Å². The molecule has 0 fully saturated rings. The normalized spacial score (nSPS) is 14.7. The van der Waals surface area contributed by atoms with Crippen LogP contribution in [0.1, 0.15) is 4.11 Å². The van der Waals surface area contributed by atoms with Crippen molar-refractivity contribution in [1.29, 1.82) is 0 Å². The molecule has 0 bridgehead atoms. The van der Waals surface area contributed by atoms with Gasteiger partial charge in [-0.05, 0) is 0 Å². The second-order valence-electron chi connectivity index (χ2n) is 0.850. The van der Waals surface area contributed by atoms with Crippen molar-refractivity contribution in [1.82, 2.24) is 9.97 Å². The maximum atomic E-state index is 12.2. The molecule has 0 aromatic carbocycles. The molecule has 1 heterocycles. The molecule has 36 valence electrons. The molecule has 0 spiro atoms. The number of aromatic nitrogens is 2. The second-order valence-corrected chi connectivity index (χ2v) is 0.850. The Kier molecular flexibility index (Phi) is 0.435. The molecule has 0 N–H and O–H groups in total. The minimum absolute atomic E-state index is 0.480. The monoisotopic (exact) mass is 101 g/mol. The Bertz CT molecular complexity index is 215. The van der Waals surface area contributed by atoms with Crippen LogP contribution in [0.3, 0.4) is 0 Å². The van der Waals surface area contributed by atoms with Crippen LogP contribution in [0.2, 0.25) is 0 Å². The second kappa shape index (κ2) is 1.64. The van der Waals surface area contributed by atoms with Crippen molar-refractivity contribution in [3.8, 4) is 0 Å². The van der Waals surface area contributed by atoms with E-state index in [9.17, 15) is 4.39 Å². The van der Waals surface area contributed by atoms with E-state index in [1.54, 1.807) is 0 Å². The zero-order chi connectivity index (χ0) is 7.72. The van der Waals surface area contributed by atoms with Gasteiger partial charge in [0.25, 0.3) is 0 Å². The van der Waals surface area contributed by atoms with E-state index in [4.69, 9.17) is 4.11 Å². The lowest BCUT2D eigenvalue weighted by molar-refractivity contribution is 0.576. The van der Waals surface area contributed by atoms with Crippen molar-refractivity contribution < 1.29 is 8.50 Å². The van der Waals surface area contributed by atoms with E-state index in [-0.39, 0.29) is 0 Å². The molecule has 0 amide bonds. The molecule has 0 aliphatic heterocycles. The van der Waals surface area contributed by atoms with E-state index in [2.05, 4.69) is 9.97 Å². The van der Waals surface area contributed by atoms with Crippen molar-refractivity contribution in [3.63, 3.8) is 0 Å². The fourth-order valence-corrected chi connectivity index (χ4v) is 0.198. The highest BCUT2D eigenvalue weighted by Gasteiger charge is 1.80. The van der Waals surface area contributed by atoms with Crippen molar-refractivity contribution in [2.75, 3.05) is 0 Å². The highest BCUT2D eigenvalue weighted by atomic mass is 19.1. The van der Waals surface area contributed by atoms with Gasteiger partial charge >= 0.3 is 0 Å². The highest BCUT2D eigenvalue weighted by molar-refractivity contribution is 4.75. The fourth-order valence-electron chi connectivity index (χ4n) is 0.198. The molecule has 7 heavy (non-hydrogen) atoms. The standard InChI is InChI=1S/C4H3FN2/c5-4-3-6-1-2-7-4/h1-3H/i1D,2D,3D. The molecule has 0 saturated heterocycles. The Morgan fingerprint density at radius 1 is 1.71 bits per heavy atom. The average molecular weight is 101 g/mol. The van der Waals surface area contributed by atoms with E-state index in [1.807, 2.05) is 0 Å². The minimum Gasteiger partial charge on any atom is -0.258 e. The van der Waals surface area contributed by atoms with Gasteiger partial charge in [0.05, 0.1) is 10.3 Å². The molecule has 1 aromatic heterocycles. The van der Waals surface area contributed by atoms with Gasteiger partial charge in [-0.2, -0.15) is 4.39 Å². The highest BCUT2D eigenvalue weighted by Crippen LogP contribution is 1.81. The fraction of sp³-hybridized carbons (Fsp3) is 0. The molecule has 0 saturated carbocycles. The van der Waals surface area contributed by atoms with Gasteiger partial charge in [0.2, 0.25) is 5.95 Å². The first-order valence-corrected chi connectivity index (χ1v) is 1.58. The van der Waals surface area contributed by atoms with Gasteiger partial charge in [-0.15, -0.1) is 0 Å². The first-order chi connectivity index (χ1) is 4.61. The summed E-state index contributed by atoms with van der Waals surface area (Å²) < 4.78 is 32.5. The van der Waals surface area contributed by atoms with Crippen molar-refractivity contribution >= 4 is 0 Å². The van der Waals surface area contributed by atoms with Gasteiger partial charge in [-0.3, -0.25) is 4.98 Å². The van der Waals surface area contributed by atoms with Crippen LogP contribution in [0.5, 0.6) is 0 Å². The van der Waals surface area contributed by atoms with Crippen LogP contribution in [-0.2, 0) is 0 Å². The van der Waals surface area contributed by atoms with Gasteiger partial charge < -0.3 is 0 Å². The molecule has 1 rings (SSSR count). The van der Waals surface area contributed by atoms with E-state index in [0.717, 1.165) is 0 Å². The van der Waals surface area contributed by atoms with E-state index in [1.165, 1.54) is 0 Å². The Hall–Kier alpha value is -0.990. The lowest BCUT2D eigenvalue weighted by Gasteiger charge is -1.77. The lowest BCUT2D eigenvalue weighted by Crippen LogP contribution is -1.78. The molecule has 0 atom stereocenters. The zero-order valence-corrected chi connectivity index (χ0v) is 3.27. The van der Waals surface area contributed by atoms with Gasteiger partial charge in [0, 0.05) is 12.3 Å². The van der Waals surface area contributed by atoms with Crippen LogP contribution in [0.4, 0.5) is 4.39 Å². The third kappa shape index (κ3) is 0.924. The maximum absolute atomic E-state index is 12.2. The average Bonchev–Trinajstić information content (AvgIpc) is 1.84. The Morgan fingerprint density at radius 3 is 3.29 bits per heavy atom. The number of hydrogen-bond acceptors (Lipinski definition) is 2. The maximum Gasteiger partial charge on any atom is 0.231 e. The third-order valence-electron chi connectivity index (χ3n) is 0.408. The number of rotatable bonds is 0. The first kappa shape index (κ1) is 1.86. The van der Waals surface area contributed by atoms with Crippen LogP contribution in [0.15, 0.2) is 18.5 Å². The number of nitrogens with zero attached hydrogens (tertiary/aromatic N) is 2. The van der Waals surface area contributed by atoms with Gasteiger partial charge in [-0.25, -0.2) is 4.98 Å². The van der Waals surface area contributed by atoms with E-state index in [0.29, 0.717) is 0 Å². The minimum atomic E-state index is -1.11. The summed E-state index contributed by atoms with van der Waals surface area (Å²) in [6.45, 7) is 0. The van der Waals surface area contributed by atoms with Gasteiger partial charge in [0.1, 0.15) is 0 Å². The van der Waals surface area contributed by atoms with Crippen LogP contribution >= 0.6 is 0 Å². The Morgan fingerprint density at radius 2 is 2.57 bits per heavy atom. The van der Waals surface area contributed by atoms with E-state index < -0.39 is 24.5 Å². The summed E-state index contributed by atoms with van der Waals surface area (Å²) >= 11 is 0. The molecule has 2 nitrogen and oxygen atoms in total. The topological polar surface area (TPSA) is 25.8 Å². The van der Waals surface area contributed by atoms with Gasteiger partial charge in [0.15, 0.2) is 0 Å². The predicted octanol–water partition coefficient (Wildman–Crippen LogP) is 0.616. The molecule has 0 unspecified atom stereocenters.